The zero-order chi connectivity index (χ0) is 15.5. The Hall–Kier alpha value is -0.920. The van der Waals surface area contributed by atoms with Crippen LogP contribution in [0.1, 0.15) is 33.1 Å². The minimum absolute atomic E-state index is 0.0598. The zero-order valence-electron chi connectivity index (χ0n) is 13.1. The Morgan fingerprint density at radius 2 is 2.19 bits per heavy atom. The summed E-state index contributed by atoms with van der Waals surface area (Å²) >= 11 is 0. The first kappa shape index (κ1) is 16.5. The summed E-state index contributed by atoms with van der Waals surface area (Å²) in [6.45, 7) is 6.53. The lowest BCUT2D eigenvalue weighted by Gasteiger charge is -2.23. The van der Waals surface area contributed by atoms with E-state index in [0.29, 0.717) is 12.5 Å². The summed E-state index contributed by atoms with van der Waals surface area (Å²) < 4.78 is 28.3. The van der Waals surface area contributed by atoms with Crippen LogP contribution in [0.15, 0.2) is 17.3 Å². The Morgan fingerprint density at radius 3 is 2.81 bits per heavy atom. The van der Waals surface area contributed by atoms with Gasteiger partial charge in [0.1, 0.15) is 4.90 Å². The molecular formula is C14H26N4O2S. The first-order valence-electron chi connectivity index (χ1n) is 7.68. The van der Waals surface area contributed by atoms with Crippen LogP contribution < -0.4 is 5.32 Å². The minimum atomic E-state index is -3.43. The highest BCUT2D eigenvalue weighted by Gasteiger charge is 2.36. The summed E-state index contributed by atoms with van der Waals surface area (Å²) in [5, 5.41) is 7.43. The van der Waals surface area contributed by atoms with Crippen LogP contribution in [0.25, 0.3) is 0 Å². The fraction of sp³-hybridized carbons (Fsp3) is 0.786. The van der Waals surface area contributed by atoms with Gasteiger partial charge in [-0.25, -0.2) is 8.42 Å². The molecule has 1 aromatic rings. The standard InChI is InChI=1S/C14H26N4O2S/c1-4-7-15-8-9-18-11-14(10-16-18)21(19,20)17(3)12(2)13-5-6-13/h10-13,15H,4-9H2,1-3H3. The van der Waals surface area contributed by atoms with E-state index in [1.165, 1.54) is 10.5 Å². The molecule has 0 bridgehead atoms. The van der Waals surface area contributed by atoms with Gasteiger partial charge in [-0.3, -0.25) is 4.68 Å². The van der Waals surface area contributed by atoms with Crippen molar-refractivity contribution in [3.63, 3.8) is 0 Å². The Balaban J connectivity index is 1.98. The molecule has 1 fully saturated rings. The van der Waals surface area contributed by atoms with Crippen LogP contribution in [0.5, 0.6) is 0 Å². The molecule has 1 unspecified atom stereocenters. The second-order valence-corrected chi connectivity index (χ2v) is 7.79. The van der Waals surface area contributed by atoms with Crippen molar-refractivity contribution in [3.05, 3.63) is 12.4 Å². The summed E-state index contributed by atoms with van der Waals surface area (Å²) in [4.78, 5) is 0.285. The number of hydrogen-bond donors (Lipinski definition) is 1. The molecule has 21 heavy (non-hydrogen) atoms. The molecule has 0 amide bonds. The monoisotopic (exact) mass is 314 g/mol. The molecule has 1 saturated carbocycles. The Kier molecular flexibility index (Phi) is 5.40. The molecule has 0 spiro atoms. The summed E-state index contributed by atoms with van der Waals surface area (Å²) in [5.41, 5.74) is 0. The second kappa shape index (κ2) is 6.89. The van der Waals surface area contributed by atoms with Crippen LogP contribution in [-0.4, -0.2) is 48.7 Å². The molecule has 7 heteroatoms. The Bertz CT molecular complexity index is 551. The van der Waals surface area contributed by atoms with Crippen LogP contribution >= 0.6 is 0 Å². The van der Waals surface area contributed by atoms with E-state index in [2.05, 4.69) is 17.3 Å². The van der Waals surface area contributed by atoms with E-state index in [4.69, 9.17) is 0 Å². The van der Waals surface area contributed by atoms with Crippen molar-refractivity contribution >= 4 is 10.0 Å². The van der Waals surface area contributed by atoms with E-state index in [-0.39, 0.29) is 10.9 Å². The van der Waals surface area contributed by atoms with Gasteiger partial charge in [-0.15, -0.1) is 0 Å². The molecule has 1 aromatic heterocycles. The number of hydrogen-bond acceptors (Lipinski definition) is 4. The van der Waals surface area contributed by atoms with Crippen LogP contribution in [0.2, 0.25) is 0 Å². The van der Waals surface area contributed by atoms with E-state index < -0.39 is 10.0 Å². The quantitative estimate of drug-likeness (QED) is 0.698. The van der Waals surface area contributed by atoms with Gasteiger partial charge >= 0.3 is 0 Å². The maximum absolute atomic E-state index is 12.6. The number of nitrogens with zero attached hydrogens (tertiary/aromatic N) is 3. The van der Waals surface area contributed by atoms with Crippen molar-refractivity contribution < 1.29 is 8.42 Å². The molecular weight excluding hydrogens is 288 g/mol. The van der Waals surface area contributed by atoms with Gasteiger partial charge < -0.3 is 5.32 Å². The fourth-order valence-corrected chi connectivity index (χ4v) is 3.73. The van der Waals surface area contributed by atoms with Crippen molar-refractivity contribution in [2.75, 3.05) is 20.1 Å². The highest BCUT2D eigenvalue weighted by Crippen LogP contribution is 2.36. The summed E-state index contributed by atoms with van der Waals surface area (Å²) in [6, 6.07) is 0.0598. The minimum Gasteiger partial charge on any atom is -0.315 e. The molecule has 0 saturated heterocycles. The van der Waals surface area contributed by atoms with Crippen molar-refractivity contribution in [1.29, 1.82) is 0 Å². The highest BCUT2D eigenvalue weighted by atomic mass is 32.2. The van der Waals surface area contributed by atoms with Crippen LogP contribution in [-0.2, 0) is 16.6 Å². The molecule has 1 heterocycles. The zero-order valence-corrected chi connectivity index (χ0v) is 13.9. The average molecular weight is 314 g/mol. The molecule has 1 N–H and O–H groups in total. The maximum Gasteiger partial charge on any atom is 0.246 e. The molecule has 1 aliphatic rings. The van der Waals surface area contributed by atoms with Gasteiger partial charge in [-0.05, 0) is 38.6 Å². The van der Waals surface area contributed by atoms with E-state index in [1.54, 1.807) is 17.9 Å². The van der Waals surface area contributed by atoms with Gasteiger partial charge in [0, 0.05) is 25.8 Å². The molecule has 0 aliphatic heterocycles. The lowest BCUT2D eigenvalue weighted by molar-refractivity contribution is 0.357. The summed E-state index contributed by atoms with van der Waals surface area (Å²) in [7, 11) is -1.76. The van der Waals surface area contributed by atoms with Crippen molar-refractivity contribution in [2.24, 2.45) is 5.92 Å². The van der Waals surface area contributed by atoms with Crippen molar-refractivity contribution in [2.45, 2.75) is 50.6 Å². The maximum atomic E-state index is 12.6. The van der Waals surface area contributed by atoms with Gasteiger partial charge in [0.05, 0.1) is 12.7 Å². The van der Waals surface area contributed by atoms with Gasteiger partial charge in [-0.1, -0.05) is 6.92 Å². The number of nitrogens with one attached hydrogen (secondary N) is 1. The SMILES string of the molecule is CCCNCCn1cc(S(=O)(=O)N(C)C(C)C2CC2)cn1. The third kappa shape index (κ3) is 4.05. The van der Waals surface area contributed by atoms with Gasteiger partial charge in [-0.2, -0.15) is 9.40 Å². The van der Waals surface area contributed by atoms with Gasteiger partial charge in [0.15, 0.2) is 0 Å². The fourth-order valence-electron chi connectivity index (χ4n) is 2.36. The van der Waals surface area contributed by atoms with E-state index in [1.807, 2.05) is 6.92 Å². The molecule has 1 atom stereocenters. The molecule has 0 radical (unpaired) electrons. The normalized spacial score (nSPS) is 17.3. The van der Waals surface area contributed by atoms with Crippen LogP contribution in [0.3, 0.4) is 0 Å². The van der Waals surface area contributed by atoms with Crippen LogP contribution in [0.4, 0.5) is 0 Å². The Labute approximate surface area is 127 Å². The van der Waals surface area contributed by atoms with E-state index in [9.17, 15) is 8.42 Å². The Morgan fingerprint density at radius 1 is 1.48 bits per heavy atom. The predicted molar refractivity (Wildman–Crippen MR) is 82.5 cm³/mol. The lowest BCUT2D eigenvalue weighted by atomic mass is 10.2. The summed E-state index contributed by atoms with van der Waals surface area (Å²) in [5.74, 6) is 0.512. The van der Waals surface area contributed by atoms with Crippen molar-refractivity contribution in [3.8, 4) is 0 Å². The number of sulfonamides is 1. The topological polar surface area (TPSA) is 67.2 Å². The van der Waals surface area contributed by atoms with E-state index in [0.717, 1.165) is 32.4 Å². The van der Waals surface area contributed by atoms with Gasteiger partial charge in [0.2, 0.25) is 10.0 Å². The predicted octanol–water partition coefficient (Wildman–Crippen LogP) is 1.30. The van der Waals surface area contributed by atoms with Crippen molar-refractivity contribution in [1.82, 2.24) is 19.4 Å². The first-order valence-corrected chi connectivity index (χ1v) is 9.12. The number of rotatable bonds is 9. The third-order valence-corrected chi connectivity index (χ3v) is 6.01. The molecule has 120 valence electrons. The lowest BCUT2D eigenvalue weighted by Crippen LogP contribution is -2.36. The molecule has 2 rings (SSSR count). The first-order chi connectivity index (χ1) is 9.96. The largest absolute Gasteiger partial charge is 0.315 e. The van der Waals surface area contributed by atoms with E-state index >= 15 is 0 Å². The molecule has 6 nitrogen and oxygen atoms in total. The molecule has 0 aromatic carbocycles. The highest BCUT2D eigenvalue weighted by molar-refractivity contribution is 7.89. The summed E-state index contributed by atoms with van der Waals surface area (Å²) in [6.07, 6.45) is 6.42. The van der Waals surface area contributed by atoms with Gasteiger partial charge in [0.25, 0.3) is 0 Å². The molecule has 1 aliphatic carbocycles. The smallest absolute Gasteiger partial charge is 0.246 e. The third-order valence-electron chi connectivity index (χ3n) is 4.11. The van der Waals surface area contributed by atoms with Crippen LogP contribution in [0, 0.1) is 5.92 Å². The number of aromatic nitrogens is 2. The second-order valence-electron chi connectivity index (χ2n) is 5.79. The average Bonchev–Trinajstić information content (AvgIpc) is 3.20.